The number of hydrogen-bond donors (Lipinski definition) is 0. The van der Waals surface area contributed by atoms with Gasteiger partial charge in [0.15, 0.2) is 0 Å². The molecule has 0 radical (unpaired) electrons. The summed E-state index contributed by atoms with van der Waals surface area (Å²) in [5.74, 6) is 0. The van der Waals surface area contributed by atoms with Crippen LogP contribution in [0.25, 0.3) is 29.6 Å². The summed E-state index contributed by atoms with van der Waals surface area (Å²) in [6.07, 6.45) is 5.80. The van der Waals surface area contributed by atoms with Gasteiger partial charge in [0.1, 0.15) is 0 Å². The molecule has 0 aliphatic heterocycles. The van der Waals surface area contributed by atoms with Gasteiger partial charge in [-0.05, 0) is 48.2 Å². The summed E-state index contributed by atoms with van der Waals surface area (Å²) < 4.78 is 5.61. The van der Waals surface area contributed by atoms with Crippen molar-refractivity contribution in [2.75, 3.05) is 0 Å². The van der Waals surface area contributed by atoms with Gasteiger partial charge in [0.25, 0.3) is 0 Å². The SMILES string of the molecule is C=CCc1ccc2sc3c4cc(CC=C)ccc4sc3c2c1. The smallest absolute Gasteiger partial charge is 0.0542 e. The van der Waals surface area contributed by atoms with Crippen molar-refractivity contribution in [3.05, 3.63) is 72.8 Å². The van der Waals surface area contributed by atoms with E-state index < -0.39 is 0 Å². The molecule has 2 heteroatoms. The molecule has 2 heterocycles. The lowest BCUT2D eigenvalue weighted by Crippen LogP contribution is -1.78. The molecule has 0 aliphatic carbocycles. The third kappa shape index (κ3) is 2.11. The standard InChI is InChI=1S/C20H16S2/c1-3-5-13-7-9-17-15(11-13)19-20(21-17)16-12-14(6-4-2)8-10-18(16)22-19/h3-4,7-12H,1-2,5-6H2. The van der Waals surface area contributed by atoms with Gasteiger partial charge in [-0.3, -0.25) is 0 Å². The molecule has 4 aromatic rings. The van der Waals surface area contributed by atoms with Crippen LogP contribution >= 0.6 is 22.7 Å². The van der Waals surface area contributed by atoms with E-state index in [2.05, 4.69) is 49.6 Å². The minimum absolute atomic E-state index is 0.932. The molecule has 0 amide bonds. The van der Waals surface area contributed by atoms with Crippen LogP contribution in [0.4, 0.5) is 0 Å². The molecule has 4 rings (SSSR count). The van der Waals surface area contributed by atoms with E-state index in [4.69, 9.17) is 0 Å². The Hall–Kier alpha value is -1.90. The van der Waals surface area contributed by atoms with Crippen molar-refractivity contribution in [1.29, 1.82) is 0 Å². The van der Waals surface area contributed by atoms with Crippen LogP contribution in [-0.4, -0.2) is 0 Å². The van der Waals surface area contributed by atoms with Crippen molar-refractivity contribution in [2.24, 2.45) is 0 Å². The zero-order valence-electron chi connectivity index (χ0n) is 12.3. The molecule has 22 heavy (non-hydrogen) atoms. The molecular formula is C20H16S2. The van der Waals surface area contributed by atoms with Crippen LogP contribution in [0.3, 0.4) is 0 Å². The van der Waals surface area contributed by atoms with Crippen molar-refractivity contribution in [2.45, 2.75) is 12.8 Å². The van der Waals surface area contributed by atoms with E-state index >= 15 is 0 Å². The van der Waals surface area contributed by atoms with Crippen LogP contribution in [0.5, 0.6) is 0 Å². The second kappa shape index (κ2) is 5.38. The highest BCUT2D eigenvalue weighted by atomic mass is 32.1. The number of hydrogen-bond acceptors (Lipinski definition) is 2. The molecule has 2 aromatic carbocycles. The van der Waals surface area contributed by atoms with Crippen LogP contribution < -0.4 is 0 Å². The van der Waals surface area contributed by atoms with Gasteiger partial charge in [0.2, 0.25) is 0 Å². The summed E-state index contributed by atoms with van der Waals surface area (Å²) in [4.78, 5) is 0. The number of benzene rings is 2. The third-order valence-electron chi connectivity index (χ3n) is 3.97. The Morgan fingerprint density at radius 3 is 1.59 bits per heavy atom. The lowest BCUT2D eigenvalue weighted by Gasteiger charge is -1.97. The maximum atomic E-state index is 3.85. The van der Waals surface area contributed by atoms with Gasteiger partial charge in [-0.15, -0.1) is 35.8 Å². The topological polar surface area (TPSA) is 0 Å². The van der Waals surface area contributed by atoms with Crippen LogP contribution in [-0.2, 0) is 12.8 Å². The summed E-state index contributed by atoms with van der Waals surface area (Å²) in [6, 6.07) is 13.6. The van der Waals surface area contributed by atoms with E-state index in [1.54, 1.807) is 0 Å². The molecule has 0 unspecified atom stereocenters. The predicted octanol–water partition coefficient (Wildman–Crippen LogP) is 6.73. The van der Waals surface area contributed by atoms with Crippen molar-refractivity contribution in [3.63, 3.8) is 0 Å². The normalized spacial score (nSPS) is 11.5. The molecule has 108 valence electrons. The van der Waals surface area contributed by atoms with Crippen LogP contribution in [0.15, 0.2) is 61.7 Å². The molecule has 0 saturated heterocycles. The second-order valence-corrected chi connectivity index (χ2v) is 7.61. The van der Waals surface area contributed by atoms with Crippen molar-refractivity contribution >= 4 is 52.2 Å². The molecular weight excluding hydrogens is 304 g/mol. The minimum atomic E-state index is 0.932. The summed E-state index contributed by atoms with van der Waals surface area (Å²) in [5.41, 5.74) is 2.68. The molecule has 0 aliphatic rings. The van der Waals surface area contributed by atoms with E-state index in [0.29, 0.717) is 0 Å². The Balaban J connectivity index is 2.01. The highest BCUT2D eigenvalue weighted by Gasteiger charge is 2.12. The quantitative estimate of drug-likeness (QED) is 0.366. The van der Waals surface area contributed by atoms with Gasteiger partial charge in [0.05, 0.1) is 9.40 Å². The maximum Gasteiger partial charge on any atom is 0.0542 e. The van der Waals surface area contributed by atoms with Gasteiger partial charge in [-0.1, -0.05) is 24.3 Å². The number of fused-ring (bicyclic) bond motifs is 5. The largest absolute Gasteiger partial charge is 0.134 e. The Bertz CT molecular complexity index is 931. The first-order valence-electron chi connectivity index (χ1n) is 7.38. The van der Waals surface area contributed by atoms with Gasteiger partial charge in [-0.25, -0.2) is 0 Å². The Morgan fingerprint density at radius 2 is 1.18 bits per heavy atom. The molecule has 0 bridgehead atoms. The Labute approximate surface area is 138 Å². The summed E-state index contributed by atoms with van der Waals surface area (Å²) >= 11 is 3.82. The monoisotopic (exact) mass is 320 g/mol. The number of rotatable bonds is 4. The first kappa shape index (κ1) is 13.7. The Kier molecular flexibility index (Phi) is 3.36. The Morgan fingerprint density at radius 1 is 0.727 bits per heavy atom. The average Bonchev–Trinajstić information content (AvgIpc) is 3.04. The molecule has 0 spiro atoms. The summed E-state index contributed by atoms with van der Waals surface area (Å²) in [7, 11) is 0. The summed E-state index contributed by atoms with van der Waals surface area (Å²) in [5, 5.41) is 2.79. The second-order valence-electron chi connectivity index (χ2n) is 5.51. The van der Waals surface area contributed by atoms with Gasteiger partial charge in [-0.2, -0.15) is 0 Å². The average molecular weight is 320 g/mol. The predicted molar refractivity (Wildman–Crippen MR) is 103 cm³/mol. The third-order valence-corrected chi connectivity index (χ3v) is 6.50. The lowest BCUT2D eigenvalue weighted by molar-refractivity contribution is 1.29. The van der Waals surface area contributed by atoms with Crippen molar-refractivity contribution in [1.82, 2.24) is 0 Å². The van der Waals surface area contributed by atoms with Gasteiger partial charge in [0, 0.05) is 20.2 Å². The molecule has 2 aromatic heterocycles. The van der Waals surface area contributed by atoms with Gasteiger partial charge >= 0.3 is 0 Å². The van der Waals surface area contributed by atoms with E-state index in [0.717, 1.165) is 12.8 Å². The highest BCUT2D eigenvalue weighted by Crippen LogP contribution is 2.44. The summed E-state index contributed by atoms with van der Waals surface area (Å²) in [6.45, 7) is 7.69. The first-order valence-corrected chi connectivity index (χ1v) is 9.02. The minimum Gasteiger partial charge on any atom is -0.134 e. The number of allylic oxidation sites excluding steroid dienone is 2. The van der Waals surface area contributed by atoms with E-state index in [-0.39, 0.29) is 0 Å². The molecule has 0 atom stereocenters. The van der Waals surface area contributed by atoms with Gasteiger partial charge < -0.3 is 0 Å². The van der Waals surface area contributed by atoms with Crippen LogP contribution in [0, 0.1) is 0 Å². The number of thiophene rings is 2. The molecule has 0 saturated carbocycles. The fraction of sp³-hybridized carbons (Fsp3) is 0.100. The highest BCUT2D eigenvalue weighted by molar-refractivity contribution is 7.36. The fourth-order valence-corrected chi connectivity index (χ4v) is 5.54. The van der Waals surface area contributed by atoms with E-state index in [1.807, 2.05) is 34.8 Å². The van der Waals surface area contributed by atoms with E-state index in [9.17, 15) is 0 Å². The first-order chi connectivity index (χ1) is 10.8. The van der Waals surface area contributed by atoms with Crippen LogP contribution in [0.2, 0.25) is 0 Å². The van der Waals surface area contributed by atoms with Crippen molar-refractivity contribution < 1.29 is 0 Å². The maximum absolute atomic E-state index is 3.85. The van der Waals surface area contributed by atoms with E-state index in [1.165, 1.54) is 40.7 Å². The lowest BCUT2D eigenvalue weighted by atomic mass is 10.1. The zero-order chi connectivity index (χ0) is 15.1. The molecule has 0 N–H and O–H groups in total. The molecule has 0 fully saturated rings. The fourth-order valence-electron chi connectivity index (χ4n) is 2.94. The zero-order valence-corrected chi connectivity index (χ0v) is 13.9. The molecule has 0 nitrogen and oxygen atoms in total. The van der Waals surface area contributed by atoms with Crippen LogP contribution in [0.1, 0.15) is 11.1 Å². The van der Waals surface area contributed by atoms with Crippen molar-refractivity contribution in [3.8, 4) is 0 Å².